The monoisotopic (exact) mass is 279 g/mol. The third-order valence-electron chi connectivity index (χ3n) is 3.90. The molecule has 1 aromatic rings. The maximum absolute atomic E-state index is 10.4. The molecule has 112 valence electrons. The lowest BCUT2D eigenvalue weighted by Crippen LogP contribution is -2.39. The molecule has 0 spiro atoms. The van der Waals surface area contributed by atoms with Gasteiger partial charge in [-0.15, -0.1) is 0 Å². The van der Waals surface area contributed by atoms with Crippen molar-refractivity contribution < 1.29 is 14.6 Å². The van der Waals surface area contributed by atoms with Crippen LogP contribution in [0.1, 0.15) is 37.0 Å². The number of hydrogen-bond acceptors (Lipinski definition) is 4. The lowest BCUT2D eigenvalue weighted by atomic mass is 10.0. The zero-order valence-electron chi connectivity index (χ0n) is 12.6. The summed E-state index contributed by atoms with van der Waals surface area (Å²) in [5, 5.41) is 13.7. The lowest BCUT2D eigenvalue weighted by molar-refractivity contribution is 0.0762. The predicted octanol–water partition coefficient (Wildman–Crippen LogP) is 2.19. The van der Waals surface area contributed by atoms with Gasteiger partial charge < -0.3 is 19.9 Å². The molecule has 0 aromatic heterocycles. The van der Waals surface area contributed by atoms with Crippen molar-refractivity contribution in [2.24, 2.45) is 0 Å². The first-order valence-corrected chi connectivity index (χ1v) is 7.29. The number of hydrogen-bond donors (Lipinski definition) is 2. The molecule has 3 atom stereocenters. The summed E-state index contributed by atoms with van der Waals surface area (Å²) in [7, 11) is 1.63. The summed E-state index contributed by atoms with van der Waals surface area (Å²) in [5.74, 6) is 0.731. The van der Waals surface area contributed by atoms with E-state index < -0.39 is 6.10 Å². The van der Waals surface area contributed by atoms with Crippen molar-refractivity contribution in [3.05, 3.63) is 29.3 Å². The van der Waals surface area contributed by atoms with E-state index in [1.165, 1.54) is 0 Å². The van der Waals surface area contributed by atoms with Gasteiger partial charge in [0.15, 0.2) is 0 Å². The van der Waals surface area contributed by atoms with E-state index in [1.807, 2.05) is 25.1 Å². The molecule has 0 saturated carbocycles. The van der Waals surface area contributed by atoms with Crippen LogP contribution in [0.25, 0.3) is 0 Å². The van der Waals surface area contributed by atoms with Gasteiger partial charge in [-0.2, -0.15) is 0 Å². The minimum Gasteiger partial charge on any atom is -0.496 e. The second-order valence-corrected chi connectivity index (χ2v) is 5.51. The molecule has 1 aromatic carbocycles. The number of aliphatic hydroxyl groups excluding tert-OH is 1. The topological polar surface area (TPSA) is 50.7 Å². The summed E-state index contributed by atoms with van der Waals surface area (Å²) in [6, 6.07) is 6.11. The molecule has 1 aliphatic heterocycles. The van der Waals surface area contributed by atoms with Crippen LogP contribution >= 0.6 is 0 Å². The summed E-state index contributed by atoms with van der Waals surface area (Å²) in [6.45, 7) is 5.47. The Hall–Kier alpha value is -1.10. The molecule has 1 heterocycles. The molecule has 4 nitrogen and oxygen atoms in total. The van der Waals surface area contributed by atoms with Gasteiger partial charge in [-0.3, -0.25) is 0 Å². The first kappa shape index (κ1) is 15.3. The van der Waals surface area contributed by atoms with Gasteiger partial charge >= 0.3 is 0 Å². The first-order valence-electron chi connectivity index (χ1n) is 7.29. The number of methoxy groups -OCH3 is 1. The standard InChI is InChI=1S/C16H25NO3/c1-11-6-7-16(19-3)13(9-11)14(18)10-17-12(2)15-5-4-8-20-15/h6-7,9,12,14-15,17-18H,4-5,8,10H2,1-3H3. The fraction of sp³-hybridized carbons (Fsp3) is 0.625. The average Bonchev–Trinajstić information content (AvgIpc) is 2.98. The van der Waals surface area contributed by atoms with E-state index in [0.29, 0.717) is 6.54 Å². The number of aliphatic hydroxyl groups is 1. The highest BCUT2D eigenvalue weighted by molar-refractivity contribution is 5.38. The third kappa shape index (κ3) is 3.72. The van der Waals surface area contributed by atoms with Crippen molar-refractivity contribution in [1.82, 2.24) is 5.32 Å². The molecule has 0 amide bonds. The lowest BCUT2D eigenvalue weighted by Gasteiger charge is -2.23. The van der Waals surface area contributed by atoms with Crippen LogP contribution in [-0.2, 0) is 4.74 Å². The average molecular weight is 279 g/mol. The van der Waals surface area contributed by atoms with E-state index in [-0.39, 0.29) is 12.1 Å². The van der Waals surface area contributed by atoms with Gasteiger partial charge in [0, 0.05) is 24.8 Å². The van der Waals surface area contributed by atoms with Gasteiger partial charge in [0.05, 0.1) is 19.3 Å². The Labute approximate surface area is 121 Å². The quantitative estimate of drug-likeness (QED) is 0.838. The first-order chi connectivity index (χ1) is 9.61. The van der Waals surface area contributed by atoms with Crippen LogP contribution in [0, 0.1) is 6.92 Å². The minimum atomic E-state index is -0.575. The van der Waals surface area contributed by atoms with Crippen molar-refractivity contribution >= 4 is 0 Å². The molecule has 0 bridgehead atoms. The van der Waals surface area contributed by atoms with Crippen LogP contribution in [0.5, 0.6) is 5.75 Å². The summed E-state index contributed by atoms with van der Waals surface area (Å²) in [5.41, 5.74) is 1.95. The summed E-state index contributed by atoms with van der Waals surface area (Å²) in [4.78, 5) is 0. The van der Waals surface area contributed by atoms with Crippen molar-refractivity contribution in [2.45, 2.75) is 44.9 Å². The van der Waals surface area contributed by atoms with Crippen LogP contribution in [0.3, 0.4) is 0 Å². The second kappa shape index (κ2) is 7.07. The van der Waals surface area contributed by atoms with Gasteiger partial charge in [0.2, 0.25) is 0 Å². The Balaban J connectivity index is 1.93. The van der Waals surface area contributed by atoms with Gasteiger partial charge in [-0.1, -0.05) is 11.6 Å². The number of nitrogens with one attached hydrogen (secondary N) is 1. The molecule has 2 N–H and O–H groups in total. The number of aryl methyl sites for hydroxylation is 1. The summed E-state index contributed by atoms with van der Waals surface area (Å²) < 4.78 is 11.0. The van der Waals surface area contributed by atoms with Gasteiger partial charge in [-0.05, 0) is 38.8 Å². The van der Waals surface area contributed by atoms with Gasteiger partial charge in [0.1, 0.15) is 5.75 Å². The molecule has 1 aliphatic rings. The largest absolute Gasteiger partial charge is 0.496 e. The van der Waals surface area contributed by atoms with Crippen molar-refractivity contribution in [3.63, 3.8) is 0 Å². The Morgan fingerprint density at radius 3 is 2.95 bits per heavy atom. The van der Waals surface area contributed by atoms with Crippen molar-refractivity contribution in [1.29, 1.82) is 0 Å². The summed E-state index contributed by atoms with van der Waals surface area (Å²) >= 11 is 0. The highest BCUT2D eigenvalue weighted by atomic mass is 16.5. The molecular formula is C16H25NO3. The second-order valence-electron chi connectivity index (χ2n) is 5.51. The molecule has 20 heavy (non-hydrogen) atoms. The molecule has 1 saturated heterocycles. The molecular weight excluding hydrogens is 254 g/mol. The fourth-order valence-electron chi connectivity index (χ4n) is 2.65. The molecule has 2 rings (SSSR count). The van der Waals surface area contributed by atoms with E-state index in [0.717, 1.165) is 36.3 Å². The highest BCUT2D eigenvalue weighted by Crippen LogP contribution is 2.26. The summed E-state index contributed by atoms with van der Waals surface area (Å²) in [6.07, 6.45) is 1.92. The van der Waals surface area contributed by atoms with Crippen LogP contribution in [0.15, 0.2) is 18.2 Å². The van der Waals surface area contributed by atoms with Crippen molar-refractivity contribution in [3.8, 4) is 5.75 Å². The van der Waals surface area contributed by atoms with Gasteiger partial charge in [0.25, 0.3) is 0 Å². The van der Waals surface area contributed by atoms with Crippen LogP contribution in [0.4, 0.5) is 0 Å². The van der Waals surface area contributed by atoms with Gasteiger partial charge in [-0.25, -0.2) is 0 Å². The third-order valence-corrected chi connectivity index (χ3v) is 3.90. The Bertz CT molecular complexity index is 430. The van der Waals surface area contributed by atoms with Crippen LogP contribution in [0.2, 0.25) is 0 Å². The molecule has 1 fully saturated rings. The zero-order valence-corrected chi connectivity index (χ0v) is 12.6. The highest BCUT2D eigenvalue weighted by Gasteiger charge is 2.23. The van der Waals surface area contributed by atoms with E-state index in [2.05, 4.69) is 12.2 Å². The minimum absolute atomic E-state index is 0.253. The van der Waals surface area contributed by atoms with Crippen LogP contribution in [-0.4, -0.2) is 37.5 Å². The number of benzene rings is 1. The maximum atomic E-state index is 10.4. The van der Waals surface area contributed by atoms with Crippen molar-refractivity contribution in [2.75, 3.05) is 20.3 Å². The molecule has 0 radical (unpaired) electrons. The maximum Gasteiger partial charge on any atom is 0.124 e. The van der Waals surface area contributed by atoms with E-state index >= 15 is 0 Å². The number of rotatable bonds is 6. The molecule has 4 heteroatoms. The number of ether oxygens (including phenoxy) is 2. The fourth-order valence-corrected chi connectivity index (χ4v) is 2.65. The Kier molecular flexibility index (Phi) is 5.40. The Morgan fingerprint density at radius 1 is 1.50 bits per heavy atom. The zero-order chi connectivity index (χ0) is 14.5. The SMILES string of the molecule is COc1ccc(C)cc1C(O)CNC(C)C1CCCO1. The van der Waals surface area contributed by atoms with Crippen LogP contribution < -0.4 is 10.1 Å². The Morgan fingerprint density at radius 2 is 2.30 bits per heavy atom. The van der Waals surface area contributed by atoms with E-state index in [4.69, 9.17) is 9.47 Å². The van der Waals surface area contributed by atoms with E-state index in [1.54, 1.807) is 7.11 Å². The molecule has 0 aliphatic carbocycles. The van der Waals surface area contributed by atoms with E-state index in [9.17, 15) is 5.11 Å². The smallest absolute Gasteiger partial charge is 0.124 e. The predicted molar refractivity (Wildman–Crippen MR) is 79.1 cm³/mol. The molecule has 3 unspecified atom stereocenters. The normalized spacial score (nSPS) is 21.7.